The molecule has 0 aliphatic heterocycles. The molecule has 1 N–H and O–H groups in total. The summed E-state index contributed by atoms with van der Waals surface area (Å²) < 4.78 is 8.88. The van der Waals surface area contributed by atoms with Crippen molar-refractivity contribution in [1.82, 2.24) is 24.5 Å². The Bertz CT molecular complexity index is 1600. The molecule has 188 valence electrons. The van der Waals surface area contributed by atoms with Gasteiger partial charge in [0.15, 0.2) is 5.65 Å². The monoisotopic (exact) mass is 494 g/mol. The first-order chi connectivity index (χ1) is 17.9. The molecule has 8 heteroatoms. The normalized spacial score (nSPS) is 11.2. The van der Waals surface area contributed by atoms with E-state index in [1.54, 1.807) is 18.0 Å². The van der Waals surface area contributed by atoms with Gasteiger partial charge in [-0.05, 0) is 68.1 Å². The van der Waals surface area contributed by atoms with Crippen LogP contribution in [0.1, 0.15) is 28.2 Å². The van der Waals surface area contributed by atoms with Gasteiger partial charge in [-0.25, -0.2) is 9.67 Å². The van der Waals surface area contributed by atoms with Gasteiger partial charge in [0.2, 0.25) is 5.91 Å². The SMILES string of the molecule is COc1ccc(-c2ccnc3c2c(C)nn3CC(=O)Nc2c(C)nn(Cc3ccccc3C)c2C)cc1. The maximum Gasteiger partial charge on any atom is 0.246 e. The van der Waals surface area contributed by atoms with E-state index < -0.39 is 0 Å². The highest BCUT2D eigenvalue weighted by molar-refractivity contribution is 5.96. The number of rotatable bonds is 7. The molecular weight excluding hydrogens is 464 g/mol. The standard InChI is InChI=1S/C29H30N6O2/c1-18-8-6-7-9-23(18)16-34-21(4)28(20(3)33-34)31-26(36)17-35-29-27(19(2)32-35)25(14-15-30-29)22-10-12-24(37-5)13-11-22/h6-15H,16-17H2,1-5H3,(H,31,36). The number of carbonyl (C=O) groups is 1. The molecule has 37 heavy (non-hydrogen) atoms. The number of carbonyl (C=O) groups excluding carboxylic acids is 1. The van der Waals surface area contributed by atoms with Crippen molar-refractivity contribution in [2.45, 2.75) is 40.8 Å². The van der Waals surface area contributed by atoms with Crippen molar-refractivity contribution < 1.29 is 9.53 Å². The minimum Gasteiger partial charge on any atom is -0.497 e. The fraction of sp³-hybridized carbons (Fsp3) is 0.241. The van der Waals surface area contributed by atoms with E-state index in [1.165, 1.54) is 11.1 Å². The summed E-state index contributed by atoms with van der Waals surface area (Å²) in [5.41, 5.74) is 8.37. The number of hydrogen-bond acceptors (Lipinski definition) is 5. The van der Waals surface area contributed by atoms with Crippen molar-refractivity contribution >= 4 is 22.6 Å². The molecule has 3 aromatic heterocycles. The van der Waals surface area contributed by atoms with E-state index in [2.05, 4.69) is 39.6 Å². The van der Waals surface area contributed by atoms with E-state index >= 15 is 0 Å². The molecule has 0 aliphatic rings. The van der Waals surface area contributed by atoms with Crippen LogP contribution in [-0.4, -0.2) is 37.6 Å². The van der Waals surface area contributed by atoms with Gasteiger partial charge in [-0.2, -0.15) is 10.2 Å². The average Bonchev–Trinajstić information content (AvgIpc) is 3.35. The van der Waals surface area contributed by atoms with Crippen LogP contribution in [0, 0.1) is 27.7 Å². The fourth-order valence-electron chi connectivity index (χ4n) is 4.70. The number of pyridine rings is 1. The molecule has 2 aromatic carbocycles. The number of hydrogen-bond donors (Lipinski definition) is 1. The number of amides is 1. The van der Waals surface area contributed by atoms with Gasteiger partial charge in [0.05, 0.1) is 36.4 Å². The molecule has 0 atom stereocenters. The summed E-state index contributed by atoms with van der Waals surface area (Å²) in [4.78, 5) is 17.7. The second-order valence-corrected chi connectivity index (χ2v) is 9.21. The van der Waals surface area contributed by atoms with Crippen molar-refractivity contribution in [2.75, 3.05) is 12.4 Å². The number of anilines is 1. The van der Waals surface area contributed by atoms with Crippen LogP contribution >= 0.6 is 0 Å². The lowest BCUT2D eigenvalue weighted by Gasteiger charge is -2.09. The summed E-state index contributed by atoms with van der Waals surface area (Å²) in [6.45, 7) is 8.61. The molecule has 0 fully saturated rings. The van der Waals surface area contributed by atoms with Gasteiger partial charge in [-0.1, -0.05) is 36.4 Å². The highest BCUT2D eigenvalue weighted by Crippen LogP contribution is 2.31. The zero-order chi connectivity index (χ0) is 26.1. The molecular formula is C29H30N6O2. The number of methoxy groups -OCH3 is 1. The maximum absolute atomic E-state index is 13.1. The molecule has 0 saturated heterocycles. The molecule has 0 bridgehead atoms. The summed E-state index contributed by atoms with van der Waals surface area (Å²) in [5.74, 6) is 0.619. The number of aromatic nitrogens is 5. The molecule has 3 heterocycles. The molecule has 0 unspecified atom stereocenters. The smallest absolute Gasteiger partial charge is 0.246 e. The van der Waals surface area contributed by atoms with E-state index in [9.17, 15) is 4.79 Å². The van der Waals surface area contributed by atoms with Crippen LogP contribution in [0.4, 0.5) is 5.69 Å². The molecule has 0 aliphatic carbocycles. The van der Waals surface area contributed by atoms with Gasteiger partial charge < -0.3 is 10.1 Å². The number of nitrogens with one attached hydrogen (secondary N) is 1. The topological polar surface area (TPSA) is 86.9 Å². The summed E-state index contributed by atoms with van der Waals surface area (Å²) in [5, 5.41) is 13.3. The minimum atomic E-state index is -0.178. The number of ether oxygens (including phenoxy) is 1. The Labute approximate surface area is 215 Å². The number of nitrogens with zero attached hydrogens (tertiary/aromatic N) is 5. The van der Waals surface area contributed by atoms with Crippen molar-refractivity contribution in [3.63, 3.8) is 0 Å². The Morgan fingerprint density at radius 3 is 2.38 bits per heavy atom. The van der Waals surface area contributed by atoms with Gasteiger partial charge in [0, 0.05) is 11.6 Å². The third kappa shape index (κ3) is 4.70. The second-order valence-electron chi connectivity index (χ2n) is 9.21. The molecule has 5 rings (SSSR count). The van der Waals surface area contributed by atoms with E-state index in [1.807, 2.05) is 67.9 Å². The Kier molecular flexibility index (Phi) is 6.48. The largest absolute Gasteiger partial charge is 0.497 e. The number of benzene rings is 2. The Morgan fingerprint density at radius 1 is 0.919 bits per heavy atom. The lowest BCUT2D eigenvalue weighted by molar-refractivity contribution is -0.116. The van der Waals surface area contributed by atoms with Gasteiger partial charge in [-0.3, -0.25) is 9.48 Å². The molecule has 1 amide bonds. The Hall–Kier alpha value is -4.46. The first kappa shape index (κ1) is 24.2. The zero-order valence-corrected chi connectivity index (χ0v) is 21.7. The molecule has 5 aromatic rings. The first-order valence-electron chi connectivity index (χ1n) is 12.2. The fourth-order valence-corrected chi connectivity index (χ4v) is 4.70. The number of aryl methyl sites for hydroxylation is 3. The molecule has 0 saturated carbocycles. The van der Waals surface area contributed by atoms with Crippen LogP contribution in [-0.2, 0) is 17.9 Å². The minimum absolute atomic E-state index is 0.0469. The van der Waals surface area contributed by atoms with Crippen molar-refractivity contribution in [2.24, 2.45) is 0 Å². The van der Waals surface area contributed by atoms with Crippen LogP contribution in [0.25, 0.3) is 22.2 Å². The van der Waals surface area contributed by atoms with Crippen LogP contribution in [0.2, 0.25) is 0 Å². The number of fused-ring (bicyclic) bond motifs is 1. The third-order valence-electron chi connectivity index (χ3n) is 6.73. The van der Waals surface area contributed by atoms with Crippen LogP contribution in [0.15, 0.2) is 60.8 Å². The van der Waals surface area contributed by atoms with Crippen LogP contribution < -0.4 is 10.1 Å². The Morgan fingerprint density at radius 2 is 1.65 bits per heavy atom. The summed E-state index contributed by atoms with van der Waals surface area (Å²) in [6.07, 6.45) is 1.75. The van der Waals surface area contributed by atoms with Crippen molar-refractivity contribution in [3.8, 4) is 16.9 Å². The predicted molar refractivity (Wildman–Crippen MR) is 145 cm³/mol. The van der Waals surface area contributed by atoms with Crippen LogP contribution in [0.3, 0.4) is 0 Å². The highest BCUT2D eigenvalue weighted by atomic mass is 16.5. The molecule has 0 spiro atoms. The van der Waals surface area contributed by atoms with Gasteiger partial charge in [0.25, 0.3) is 0 Å². The van der Waals surface area contributed by atoms with Crippen molar-refractivity contribution in [3.05, 3.63) is 89.0 Å². The molecule has 8 nitrogen and oxygen atoms in total. The average molecular weight is 495 g/mol. The van der Waals surface area contributed by atoms with Gasteiger partial charge in [-0.15, -0.1) is 0 Å². The Balaban J connectivity index is 1.39. The third-order valence-corrected chi connectivity index (χ3v) is 6.73. The summed E-state index contributed by atoms with van der Waals surface area (Å²) in [6, 6.07) is 18.1. The second kappa shape index (κ2) is 9.89. The predicted octanol–water partition coefficient (Wildman–Crippen LogP) is 5.22. The van der Waals surface area contributed by atoms with E-state index in [0.29, 0.717) is 12.2 Å². The van der Waals surface area contributed by atoms with E-state index in [-0.39, 0.29) is 12.5 Å². The quantitative estimate of drug-likeness (QED) is 0.335. The molecule has 0 radical (unpaired) electrons. The summed E-state index contributed by atoms with van der Waals surface area (Å²) in [7, 11) is 1.65. The van der Waals surface area contributed by atoms with Crippen molar-refractivity contribution in [1.29, 1.82) is 0 Å². The van der Waals surface area contributed by atoms with E-state index in [0.717, 1.165) is 45.0 Å². The van der Waals surface area contributed by atoms with Gasteiger partial charge in [0.1, 0.15) is 12.3 Å². The lowest BCUT2D eigenvalue weighted by Crippen LogP contribution is -2.20. The lowest BCUT2D eigenvalue weighted by atomic mass is 10.0. The van der Waals surface area contributed by atoms with Gasteiger partial charge >= 0.3 is 0 Å². The van der Waals surface area contributed by atoms with E-state index in [4.69, 9.17) is 4.74 Å². The maximum atomic E-state index is 13.1. The zero-order valence-electron chi connectivity index (χ0n) is 21.7. The highest BCUT2D eigenvalue weighted by Gasteiger charge is 2.19. The first-order valence-corrected chi connectivity index (χ1v) is 12.2. The van der Waals surface area contributed by atoms with Crippen LogP contribution in [0.5, 0.6) is 5.75 Å². The summed E-state index contributed by atoms with van der Waals surface area (Å²) >= 11 is 0.